The molecule has 1 N–H and O–H groups in total. The van der Waals surface area contributed by atoms with Crippen LogP contribution in [0, 0.1) is 0 Å². The highest BCUT2D eigenvalue weighted by molar-refractivity contribution is 5.94. The van der Waals surface area contributed by atoms with Crippen molar-refractivity contribution in [2.45, 2.75) is 44.9 Å². The molecule has 2 aromatic heterocycles. The van der Waals surface area contributed by atoms with Crippen molar-refractivity contribution in [3.8, 4) is 0 Å². The number of furan rings is 1. The van der Waals surface area contributed by atoms with Gasteiger partial charge in [0.1, 0.15) is 5.76 Å². The number of hydrogen-bond acceptors (Lipinski definition) is 4. The molecule has 1 aliphatic carbocycles. The Bertz CT molecular complexity index is 1400. The molecule has 2 amide bonds. The normalized spacial score (nSPS) is 13.2. The molecule has 0 unspecified atom stereocenters. The van der Waals surface area contributed by atoms with Gasteiger partial charge in [-0.25, -0.2) is 4.79 Å². The van der Waals surface area contributed by atoms with Crippen LogP contribution in [0.5, 0.6) is 0 Å². The summed E-state index contributed by atoms with van der Waals surface area (Å²) in [5, 5.41) is 2.98. The second-order valence-electron chi connectivity index (χ2n) is 9.01. The second kappa shape index (κ2) is 9.66. The molecule has 2 aromatic carbocycles. The van der Waals surface area contributed by atoms with Crippen LogP contribution >= 0.6 is 0 Å². The van der Waals surface area contributed by atoms with Crippen LogP contribution in [-0.4, -0.2) is 31.9 Å². The number of amides is 2. The third-order valence-electron chi connectivity index (χ3n) is 6.38. The molecule has 2 heterocycles. The molecule has 0 aliphatic heterocycles. The van der Waals surface area contributed by atoms with Gasteiger partial charge in [-0.15, -0.1) is 0 Å². The summed E-state index contributed by atoms with van der Waals surface area (Å²) in [5.74, 6) is 0.529. The summed E-state index contributed by atoms with van der Waals surface area (Å²) in [6, 6.07) is 18.8. The van der Waals surface area contributed by atoms with Crippen molar-refractivity contribution in [2.24, 2.45) is 7.05 Å². The fraction of sp³-hybridized carbons (Fsp3) is 0.296. The van der Waals surface area contributed by atoms with Gasteiger partial charge in [0.25, 0.3) is 5.91 Å². The van der Waals surface area contributed by atoms with Crippen LogP contribution in [0.3, 0.4) is 0 Å². The van der Waals surface area contributed by atoms with Crippen LogP contribution in [-0.2, 0) is 31.5 Å². The number of para-hydroxylation sites is 2. The molecular formula is C27H28N4O4. The lowest BCUT2D eigenvalue weighted by Crippen LogP contribution is -2.32. The van der Waals surface area contributed by atoms with Crippen molar-refractivity contribution in [3.63, 3.8) is 0 Å². The Labute approximate surface area is 202 Å². The number of benzene rings is 2. The molecule has 0 bridgehead atoms. The minimum absolute atomic E-state index is 0.0666. The van der Waals surface area contributed by atoms with Gasteiger partial charge in [-0.2, -0.15) is 0 Å². The first-order valence-corrected chi connectivity index (χ1v) is 11.8. The SMILES string of the molecule is Cn1c(=O)n(CCC(=O)N(Cc2ccc(C(=O)NC3CC3)cc2)Cc2ccco2)c2ccccc21. The van der Waals surface area contributed by atoms with Crippen LogP contribution in [0.25, 0.3) is 11.0 Å². The number of imidazole rings is 1. The molecule has 0 spiro atoms. The third kappa shape index (κ3) is 5.06. The lowest BCUT2D eigenvalue weighted by atomic mass is 10.1. The van der Waals surface area contributed by atoms with Crippen molar-refractivity contribution >= 4 is 22.8 Å². The number of aromatic nitrogens is 2. The third-order valence-corrected chi connectivity index (χ3v) is 6.38. The molecule has 4 aromatic rings. The van der Waals surface area contributed by atoms with Crippen LogP contribution in [0.1, 0.15) is 40.9 Å². The number of carbonyl (C=O) groups excluding carboxylic acids is 2. The lowest BCUT2D eigenvalue weighted by Gasteiger charge is -2.22. The van der Waals surface area contributed by atoms with Crippen LogP contribution in [0.4, 0.5) is 0 Å². The van der Waals surface area contributed by atoms with E-state index in [0.717, 1.165) is 29.4 Å². The number of aryl methyl sites for hydroxylation is 2. The Hall–Kier alpha value is -4.07. The molecule has 35 heavy (non-hydrogen) atoms. The average Bonchev–Trinajstić information content (AvgIpc) is 3.47. The summed E-state index contributed by atoms with van der Waals surface area (Å²) in [4.78, 5) is 40.0. The van der Waals surface area contributed by atoms with Crippen LogP contribution in [0.15, 0.2) is 76.1 Å². The zero-order chi connectivity index (χ0) is 24.4. The number of nitrogens with zero attached hydrogens (tertiary/aromatic N) is 3. The summed E-state index contributed by atoms with van der Waals surface area (Å²) >= 11 is 0. The van der Waals surface area contributed by atoms with Gasteiger partial charge < -0.3 is 14.6 Å². The Morgan fingerprint density at radius 3 is 2.43 bits per heavy atom. The average molecular weight is 473 g/mol. The Morgan fingerprint density at radius 2 is 1.74 bits per heavy atom. The molecule has 1 saturated carbocycles. The first kappa shape index (κ1) is 22.7. The fourth-order valence-electron chi connectivity index (χ4n) is 4.25. The Balaban J connectivity index is 1.30. The molecule has 0 radical (unpaired) electrons. The Kier molecular flexibility index (Phi) is 6.27. The van der Waals surface area contributed by atoms with Crippen LogP contribution < -0.4 is 11.0 Å². The number of hydrogen-bond donors (Lipinski definition) is 1. The fourth-order valence-corrected chi connectivity index (χ4v) is 4.25. The van der Waals surface area contributed by atoms with Gasteiger partial charge in [-0.1, -0.05) is 24.3 Å². The molecule has 8 nitrogen and oxygen atoms in total. The van der Waals surface area contributed by atoms with Gasteiger partial charge in [-0.05, 0) is 54.8 Å². The highest BCUT2D eigenvalue weighted by atomic mass is 16.3. The minimum atomic E-state index is -0.142. The monoisotopic (exact) mass is 472 g/mol. The van der Waals surface area contributed by atoms with Crippen molar-refractivity contribution < 1.29 is 14.0 Å². The molecule has 0 saturated heterocycles. The first-order valence-electron chi connectivity index (χ1n) is 11.8. The van der Waals surface area contributed by atoms with E-state index < -0.39 is 0 Å². The van der Waals surface area contributed by atoms with Gasteiger partial charge in [0.15, 0.2) is 0 Å². The maximum Gasteiger partial charge on any atom is 0.328 e. The van der Waals surface area contributed by atoms with Crippen molar-refractivity contribution in [1.29, 1.82) is 0 Å². The molecule has 5 rings (SSSR count). The number of rotatable bonds is 9. The van der Waals surface area contributed by atoms with E-state index in [0.29, 0.717) is 30.5 Å². The molecule has 1 fully saturated rings. The summed E-state index contributed by atoms with van der Waals surface area (Å²) < 4.78 is 8.73. The summed E-state index contributed by atoms with van der Waals surface area (Å²) in [7, 11) is 1.74. The standard InChI is InChI=1S/C27H28N4O4/c1-29-23-6-2-3-7-24(23)31(27(29)34)15-14-25(32)30(18-22-5-4-16-35-22)17-19-8-10-20(11-9-19)26(33)28-21-12-13-21/h2-11,16,21H,12-15,17-18H2,1H3,(H,28,33). The summed E-state index contributed by atoms with van der Waals surface area (Å²) in [6.07, 6.45) is 3.84. The highest BCUT2D eigenvalue weighted by Gasteiger charge is 2.24. The number of carbonyl (C=O) groups is 2. The van der Waals surface area contributed by atoms with Crippen molar-refractivity contribution in [2.75, 3.05) is 0 Å². The molecule has 8 heteroatoms. The van der Waals surface area contributed by atoms with E-state index in [4.69, 9.17) is 4.42 Å². The van der Waals surface area contributed by atoms with Gasteiger partial charge in [0.05, 0.1) is 23.8 Å². The van der Waals surface area contributed by atoms with E-state index in [2.05, 4.69) is 5.32 Å². The highest BCUT2D eigenvalue weighted by Crippen LogP contribution is 2.20. The van der Waals surface area contributed by atoms with E-state index in [1.165, 1.54) is 0 Å². The zero-order valence-corrected chi connectivity index (χ0v) is 19.6. The van der Waals surface area contributed by atoms with Gasteiger partial charge >= 0.3 is 5.69 Å². The minimum Gasteiger partial charge on any atom is -0.467 e. The predicted molar refractivity (Wildman–Crippen MR) is 132 cm³/mol. The van der Waals surface area contributed by atoms with Gasteiger partial charge in [0, 0.05) is 38.2 Å². The van der Waals surface area contributed by atoms with Crippen molar-refractivity contribution in [1.82, 2.24) is 19.4 Å². The summed E-state index contributed by atoms with van der Waals surface area (Å²) in [6.45, 7) is 0.975. The zero-order valence-electron chi connectivity index (χ0n) is 19.6. The topological polar surface area (TPSA) is 89.5 Å². The van der Waals surface area contributed by atoms with E-state index in [-0.39, 0.29) is 30.5 Å². The second-order valence-corrected chi connectivity index (χ2v) is 9.01. The number of nitrogens with one attached hydrogen (secondary N) is 1. The smallest absolute Gasteiger partial charge is 0.328 e. The lowest BCUT2D eigenvalue weighted by molar-refractivity contribution is -0.133. The first-order chi connectivity index (χ1) is 17.0. The molecule has 180 valence electrons. The van der Waals surface area contributed by atoms with E-state index >= 15 is 0 Å². The number of fused-ring (bicyclic) bond motifs is 1. The van der Waals surface area contributed by atoms with Gasteiger partial charge in [0.2, 0.25) is 5.91 Å². The maximum atomic E-state index is 13.3. The van der Waals surface area contributed by atoms with E-state index in [9.17, 15) is 14.4 Å². The molecule has 0 atom stereocenters. The molecular weight excluding hydrogens is 444 g/mol. The van der Waals surface area contributed by atoms with E-state index in [1.807, 2.05) is 42.5 Å². The Morgan fingerprint density at radius 1 is 1.00 bits per heavy atom. The maximum absolute atomic E-state index is 13.3. The van der Waals surface area contributed by atoms with Crippen LogP contribution in [0.2, 0.25) is 0 Å². The molecule has 1 aliphatic rings. The van der Waals surface area contributed by atoms with Crippen molar-refractivity contribution in [3.05, 3.63) is 94.3 Å². The van der Waals surface area contributed by atoms with E-state index in [1.54, 1.807) is 45.5 Å². The van der Waals surface area contributed by atoms with Gasteiger partial charge in [-0.3, -0.25) is 18.7 Å². The largest absolute Gasteiger partial charge is 0.467 e. The summed E-state index contributed by atoms with van der Waals surface area (Å²) in [5.41, 5.74) is 3.03. The predicted octanol–water partition coefficient (Wildman–Crippen LogP) is 3.44. The quantitative estimate of drug-likeness (QED) is 0.404.